The summed E-state index contributed by atoms with van der Waals surface area (Å²) < 4.78 is 0. The number of nitrogens with zero attached hydrogens (tertiary/aromatic N) is 5. The van der Waals surface area contributed by atoms with Crippen molar-refractivity contribution in [2.24, 2.45) is 0 Å². The van der Waals surface area contributed by atoms with Crippen molar-refractivity contribution < 1.29 is 0 Å². The maximum atomic E-state index is 5.28. The van der Waals surface area contributed by atoms with E-state index in [1.807, 2.05) is 91.3 Å². The minimum atomic E-state index is 0.584. The molecule has 7 aromatic carbocycles. The van der Waals surface area contributed by atoms with Gasteiger partial charge in [0.15, 0.2) is 17.5 Å². The molecule has 0 N–H and O–H groups in total. The number of benzene rings is 7. The lowest BCUT2D eigenvalue weighted by Crippen LogP contribution is -2.01. The van der Waals surface area contributed by atoms with Gasteiger partial charge < -0.3 is 0 Å². The second-order valence-electron chi connectivity index (χ2n) is 13.8. The molecule has 0 aliphatic rings. The molecule has 10 rings (SSSR count). The van der Waals surface area contributed by atoms with E-state index in [2.05, 4.69) is 109 Å². The first kappa shape index (κ1) is 33.0. The van der Waals surface area contributed by atoms with E-state index < -0.39 is 0 Å². The number of rotatable bonds is 7. The molecule has 0 amide bonds. The topological polar surface area (TPSA) is 64.5 Å². The Labute approximate surface area is 324 Å². The van der Waals surface area contributed by atoms with Crippen LogP contribution in [0.5, 0.6) is 0 Å². The summed E-state index contributed by atoms with van der Waals surface area (Å²) in [6.07, 6.45) is 3.89. The van der Waals surface area contributed by atoms with Gasteiger partial charge in [0.1, 0.15) is 0 Å². The highest BCUT2D eigenvalue weighted by molar-refractivity contribution is 5.88. The molecule has 5 heteroatoms. The molecule has 0 saturated carbocycles. The molecular weight excluding hydrogens is 683 g/mol. The number of hydrogen-bond acceptors (Lipinski definition) is 5. The van der Waals surface area contributed by atoms with E-state index >= 15 is 0 Å². The van der Waals surface area contributed by atoms with Gasteiger partial charge in [-0.3, -0.25) is 9.97 Å². The van der Waals surface area contributed by atoms with E-state index in [1.165, 1.54) is 0 Å². The molecule has 3 heterocycles. The Kier molecular flexibility index (Phi) is 8.43. The first-order chi connectivity index (χ1) is 27.7. The minimum Gasteiger partial charge on any atom is -0.256 e. The standard InChI is InChI=1S/C51H33N5/c1-4-14-34(15-5-1)39-26-41(45-24-37-20-10-12-22-47(37)52-32-45)30-43(28-39)50-54-49(36-18-8-3-9-19-36)55-51(56-50)44-29-40(35-16-6-2-7-17-35)27-42(31-44)46-25-38-21-11-13-23-48(38)53-33-46/h1-33H. The normalized spacial score (nSPS) is 11.2. The van der Waals surface area contributed by atoms with Gasteiger partial charge in [0, 0.05) is 51.0 Å². The molecule has 0 bridgehead atoms. The van der Waals surface area contributed by atoms with Crippen molar-refractivity contribution in [1.82, 2.24) is 24.9 Å². The number of aromatic nitrogens is 5. The lowest BCUT2D eigenvalue weighted by Gasteiger charge is -2.14. The molecule has 0 spiro atoms. The molecule has 5 nitrogen and oxygen atoms in total. The predicted molar refractivity (Wildman–Crippen MR) is 228 cm³/mol. The molecule has 262 valence electrons. The average Bonchev–Trinajstić information content (AvgIpc) is 3.29. The molecule has 0 aliphatic carbocycles. The number of pyridine rings is 2. The van der Waals surface area contributed by atoms with E-state index in [1.54, 1.807) is 0 Å². The summed E-state index contributed by atoms with van der Waals surface area (Å²) in [5.41, 5.74) is 13.0. The third-order valence-electron chi connectivity index (χ3n) is 10.1. The van der Waals surface area contributed by atoms with Crippen LogP contribution >= 0.6 is 0 Å². The highest BCUT2D eigenvalue weighted by Crippen LogP contribution is 2.36. The van der Waals surface area contributed by atoms with Gasteiger partial charge in [0.25, 0.3) is 0 Å². The summed E-state index contributed by atoms with van der Waals surface area (Å²) in [4.78, 5) is 25.2. The summed E-state index contributed by atoms with van der Waals surface area (Å²) in [6, 6.07) is 64.9. The molecule has 0 radical (unpaired) electrons. The molecule has 56 heavy (non-hydrogen) atoms. The highest BCUT2D eigenvalue weighted by atomic mass is 15.0. The van der Waals surface area contributed by atoms with Gasteiger partial charge in [-0.25, -0.2) is 15.0 Å². The Morgan fingerprint density at radius 2 is 0.554 bits per heavy atom. The zero-order valence-corrected chi connectivity index (χ0v) is 30.3. The fraction of sp³-hybridized carbons (Fsp3) is 0. The van der Waals surface area contributed by atoms with Crippen LogP contribution in [-0.2, 0) is 0 Å². The van der Waals surface area contributed by atoms with Crippen LogP contribution in [0.4, 0.5) is 0 Å². The Balaban J connectivity index is 1.19. The van der Waals surface area contributed by atoms with Crippen LogP contribution in [-0.4, -0.2) is 24.9 Å². The smallest absolute Gasteiger partial charge is 0.164 e. The number of fused-ring (bicyclic) bond motifs is 2. The number of para-hydroxylation sites is 2. The van der Waals surface area contributed by atoms with Gasteiger partial charge in [-0.1, -0.05) is 127 Å². The average molecular weight is 716 g/mol. The molecule has 0 saturated heterocycles. The third kappa shape index (κ3) is 6.59. The van der Waals surface area contributed by atoms with Crippen LogP contribution in [0.2, 0.25) is 0 Å². The zero-order valence-electron chi connectivity index (χ0n) is 30.3. The van der Waals surface area contributed by atoms with E-state index in [4.69, 9.17) is 24.9 Å². The van der Waals surface area contributed by atoms with Crippen LogP contribution in [0.15, 0.2) is 200 Å². The van der Waals surface area contributed by atoms with Gasteiger partial charge in [-0.15, -0.1) is 0 Å². The Hall–Kier alpha value is -7.63. The van der Waals surface area contributed by atoms with E-state index in [0.29, 0.717) is 17.5 Å². The third-order valence-corrected chi connectivity index (χ3v) is 10.1. The highest BCUT2D eigenvalue weighted by Gasteiger charge is 2.17. The molecule has 0 aliphatic heterocycles. The molecule has 0 atom stereocenters. The van der Waals surface area contributed by atoms with Gasteiger partial charge in [0.2, 0.25) is 0 Å². The van der Waals surface area contributed by atoms with E-state index in [9.17, 15) is 0 Å². The zero-order chi connectivity index (χ0) is 37.3. The molecule has 10 aromatic rings. The van der Waals surface area contributed by atoms with Crippen molar-refractivity contribution >= 4 is 21.8 Å². The van der Waals surface area contributed by atoms with Gasteiger partial charge in [-0.05, 0) is 94.0 Å². The first-order valence-corrected chi connectivity index (χ1v) is 18.6. The van der Waals surface area contributed by atoms with Crippen molar-refractivity contribution in [3.8, 4) is 78.7 Å². The monoisotopic (exact) mass is 715 g/mol. The van der Waals surface area contributed by atoms with Crippen molar-refractivity contribution in [3.63, 3.8) is 0 Å². The SMILES string of the molecule is c1ccc(-c2cc(-c3cnc4ccccc4c3)cc(-c3nc(-c4ccccc4)nc(-c4cc(-c5ccccc5)cc(-c5cnc6ccccc6c5)c4)n3)c2)cc1. The molecule has 0 unspecified atom stereocenters. The molecule has 3 aromatic heterocycles. The summed E-state index contributed by atoms with van der Waals surface area (Å²) in [7, 11) is 0. The van der Waals surface area contributed by atoms with Crippen LogP contribution in [0, 0.1) is 0 Å². The Morgan fingerprint density at radius 3 is 0.982 bits per heavy atom. The summed E-state index contributed by atoms with van der Waals surface area (Å²) in [5, 5.41) is 2.17. The van der Waals surface area contributed by atoms with Gasteiger partial charge >= 0.3 is 0 Å². The molecule has 0 fully saturated rings. The predicted octanol–water partition coefficient (Wildman–Crippen LogP) is 12.6. The van der Waals surface area contributed by atoms with Gasteiger partial charge in [0.05, 0.1) is 11.0 Å². The lowest BCUT2D eigenvalue weighted by atomic mass is 9.95. The summed E-state index contributed by atoms with van der Waals surface area (Å²) in [6.45, 7) is 0. The van der Waals surface area contributed by atoms with Gasteiger partial charge in [-0.2, -0.15) is 0 Å². The van der Waals surface area contributed by atoms with E-state index in [-0.39, 0.29) is 0 Å². The molecular formula is C51H33N5. The lowest BCUT2D eigenvalue weighted by molar-refractivity contribution is 1.07. The summed E-state index contributed by atoms with van der Waals surface area (Å²) in [5.74, 6) is 1.77. The van der Waals surface area contributed by atoms with Crippen LogP contribution in [0.1, 0.15) is 0 Å². The van der Waals surface area contributed by atoms with E-state index in [0.717, 1.165) is 83.0 Å². The maximum absolute atomic E-state index is 5.28. The van der Waals surface area contributed by atoms with Crippen LogP contribution in [0.3, 0.4) is 0 Å². The largest absolute Gasteiger partial charge is 0.256 e. The van der Waals surface area contributed by atoms with Crippen LogP contribution < -0.4 is 0 Å². The fourth-order valence-corrected chi connectivity index (χ4v) is 7.25. The van der Waals surface area contributed by atoms with Crippen LogP contribution in [0.25, 0.3) is 100 Å². The van der Waals surface area contributed by atoms with Crippen molar-refractivity contribution in [1.29, 1.82) is 0 Å². The summed E-state index contributed by atoms with van der Waals surface area (Å²) >= 11 is 0. The Morgan fingerprint density at radius 1 is 0.232 bits per heavy atom. The second kappa shape index (κ2) is 14.3. The first-order valence-electron chi connectivity index (χ1n) is 18.6. The van der Waals surface area contributed by atoms with Crippen molar-refractivity contribution in [2.45, 2.75) is 0 Å². The van der Waals surface area contributed by atoms with Crippen molar-refractivity contribution in [2.75, 3.05) is 0 Å². The van der Waals surface area contributed by atoms with Crippen molar-refractivity contribution in [3.05, 3.63) is 200 Å². The fourth-order valence-electron chi connectivity index (χ4n) is 7.25. The quantitative estimate of drug-likeness (QED) is 0.164. The minimum absolute atomic E-state index is 0.584. The maximum Gasteiger partial charge on any atom is 0.164 e. The Bertz CT molecular complexity index is 2830. The number of hydrogen-bond donors (Lipinski definition) is 0. The second-order valence-corrected chi connectivity index (χ2v) is 13.8.